The SMILES string of the molecule is [B]C(C=C(C)CCC)(OC)c1ccc2c(c1)-c1cccc3cccc(c13)O2. The molecule has 1 aliphatic heterocycles. The quantitative estimate of drug-likeness (QED) is 0.308. The monoisotopic (exact) mass is 354 g/mol. The smallest absolute Gasteiger partial charge is 0.135 e. The molecule has 0 aromatic heterocycles. The van der Waals surface area contributed by atoms with Crippen LogP contribution in [0.2, 0.25) is 0 Å². The van der Waals surface area contributed by atoms with E-state index < -0.39 is 5.50 Å². The Balaban J connectivity index is 1.87. The fourth-order valence-electron chi connectivity index (χ4n) is 3.90. The molecule has 2 nitrogen and oxygen atoms in total. The van der Waals surface area contributed by atoms with Crippen LogP contribution >= 0.6 is 0 Å². The fraction of sp³-hybridized carbons (Fsp3) is 0.250. The second-order valence-corrected chi connectivity index (χ2v) is 7.21. The van der Waals surface area contributed by atoms with Crippen molar-refractivity contribution in [2.75, 3.05) is 7.11 Å². The van der Waals surface area contributed by atoms with Crippen molar-refractivity contribution >= 4 is 18.6 Å². The van der Waals surface area contributed by atoms with Gasteiger partial charge in [0.2, 0.25) is 0 Å². The Morgan fingerprint density at radius 1 is 1.07 bits per heavy atom. The third-order valence-corrected chi connectivity index (χ3v) is 5.25. The van der Waals surface area contributed by atoms with Crippen LogP contribution in [0.15, 0.2) is 66.2 Å². The number of ether oxygens (including phenoxy) is 2. The second-order valence-electron chi connectivity index (χ2n) is 7.21. The van der Waals surface area contributed by atoms with E-state index in [-0.39, 0.29) is 0 Å². The lowest BCUT2D eigenvalue weighted by Crippen LogP contribution is -2.27. The van der Waals surface area contributed by atoms with Gasteiger partial charge in [0.1, 0.15) is 19.3 Å². The maximum atomic E-state index is 6.64. The molecule has 0 N–H and O–H groups in total. The van der Waals surface area contributed by atoms with Gasteiger partial charge in [-0.3, -0.25) is 0 Å². The van der Waals surface area contributed by atoms with Gasteiger partial charge < -0.3 is 9.47 Å². The van der Waals surface area contributed by atoms with Gasteiger partial charge in [0.15, 0.2) is 0 Å². The maximum Gasteiger partial charge on any atom is 0.135 e. The molecule has 0 fully saturated rings. The summed E-state index contributed by atoms with van der Waals surface area (Å²) in [7, 11) is 8.29. The summed E-state index contributed by atoms with van der Waals surface area (Å²) in [6, 6.07) is 18.6. The number of hydrogen-bond acceptors (Lipinski definition) is 2. The Labute approximate surface area is 162 Å². The van der Waals surface area contributed by atoms with Gasteiger partial charge in [-0.05, 0) is 48.1 Å². The van der Waals surface area contributed by atoms with Crippen molar-refractivity contribution in [3.8, 4) is 22.6 Å². The van der Waals surface area contributed by atoms with Crippen LogP contribution in [0.5, 0.6) is 11.5 Å². The number of rotatable bonds is 5. The molecule has 0 saturated heterocycles. The Bertz CT molecular complexity index is 1030. The first-order chi connectivity index (χ1) is 13.1. The van der Waals surface area contributed by atoms with Crippen LogP contribution in [-0.2, 0) is 10.2 Å². The van der Waals surface area contributed by atoms with Gasteiger partial charge in [0.25, 0.3) is 0 Å². The first kappa shape index (κ1) is 17.9. The third kappa shape index (κ3) is 3.06. The summed E-state index contributed by atoms with van der Waals surface area (Å²) in [6.07, 6.45) is 4.11. The average Bonchev–Trinajstić information content (AvgIpc) is 2.68. The van der Waals surface area contributed by atoms with Crippen LogP contribution in [0.4, 0.5) is 0 Å². The van der Waals surface area contributed by atoms with Gasteiger partial charge in [0.05, 0.1) is 5.50 Å². The molecule has 1 aliphatic rings. The molecular formula is C24H23BO2. The molecule has 1 unspecified atom stereocenters. The molecule has 27 heavy (non-hydrogen) atoms. The van der Waals surface area contributed by atoms with E-state index >= 15 is 0 Å². The van der Waals surface area contributed by atoms with Crippen LogP contribution in [0.1, 0.15) is 32.3 Å². The highest BCUT2D eigenvalue weighted by Gasteiger charge is 2.27. The summed E-state index contributed by atoms with van der Waals surface area (Å²) in [6.45, 7) is 4.26. The Kier molecular flexibility index (Phi) is 4.57. The summed E-state index contributed by atoms with van der Waals surface area (Å²) in [4.78, 5) is 0. The number of hydrogen-bond donors (Lipinski definition) is 0. The largest absolute Gasteiger partial charge is 0.456 e. The predicted molar refractivity (Wildman–Crippen MR) is 113 cm³/mol. The molecule has 0 saturated carbocycles. The number of fused-ring (bicyclic) bond motifs is 2. The standard InChI is InChI=1S/C24H23BO2/c1-4-7-16(2)15-24(25,26-3)18-12-13-21-20(14-18)19-10-5-8-17-9-6-11-22(27-21)23(17)19/h5-6,8-15H,4,7H2,1-3H3. The summed E-state index contributed by atoms with van der Waals surface area (Å²) in [5, 5.41) is 2.31. The van der Waals surface area contributed by atoms with Crippen LogP contribution in [-0.4, -0.2) is 15.0 Å². The van der Waals surface area contributed by atoms with Crippen molar-refractivity contribution in [3.63, 3.8) is 0 Å². The van der Waals surface area contributed by atoms with Crippen molar-refractivity contribution in [3.05, 3.63) is 71.8 Å². The number of methoxy groups -OCH3 is 1. The highest BCUT2D eigenvalue weighted by atomic mass is 16.5. The van der Waals surface area contributed by atoms with E-state index in [2.05, 4.69) is 44.2 Å². The summed E-state index contributed by atoms with van der Waals surface area (Å²) < 4.78 is 11.9. The van der Waals surface area contributed by atoms with Crippen molar-refractivity contribution < 1.29 is 9.47 Å². The van der Waals surface area contributed by atoms with Crippen molar-refractivity contribution in [2.24, 2.45) is 0 Å². The lowest BCUT2D eigenvalue weighted by molar-refractivity contribution is 0.102. The molecule has 4 rings (SSSR count). The fourth-order valence-corrected chi connectivity index (χ4v) is 3.90. The maximum absolute atomic E-state index is 6.64. The topological polar surface area (TPSA) is 18.5 Å². The Morgan fingerprint density at radius 3 is 2.59 bits per heavy atom. The molecule has 0 aliphatic carbocycles. The molecule has 3 aromatic carbocycles. The highest BCUT2D eigenvalue weighted by molar-refractivity contribution is 6.16. The van der Waals surface area contributed by atoms with Gasteiger partial charge in [-0.2, -0.15) is 0 Å². The zero-order chi connectivity index (χ0) is 19.0. The summed E-state index contributed by atoms with van der Waals surface area (Å²) in [5.74, 6) is 1.74. The molecule has 0 spiro atoms. The van der Waals surface area contributed by atoms with Gasteiger partial charge >= 0.3 is 0 Å². The van der Waals surface area contributed by atoms with E-state index in [1.54, 1.807) is 7.11 Å². The van der Waals surface area contributed by atoms with Crippen LogP contribution in [0.25, 0.3) is 21.9 Å². The summed E-state index contributed by atoms with van der Waals surface area (Å²) in [5.41, 5.74) is 3.39. The molecule has 134 valence electrons. The first-order valence-electron chi connectivity index (χ1n) is 9.42. The lowest BCUT2D eigenvalue weighted by atomic mass is 9.73. The van der Waals surface area contributed by atoms with Crippen molar-refractivity contribution in [1.29, 1.82) is 0 Å². The van der Waals surface area contributed by atoms with E-state index in [0.717, 1.165) is 40.9 Å². The van der Waals surface area contributed by atoms with Crippen LogP contribution < -0.4 is 4.74 Å². The number of allylic oxidation sites excluding steroid dienone is 1. The molecule has 3 aromatic rings. The number of benzene rings is 3. The minimum Gasteiger partial charge on any atom is -0.456 e. The zero-order valence-corrected chi connectivity index (χ0v) is 16.1. The first-order valence-corrected chi connectivity index (χ1v) is 9.42. The molecule has 0 amide bonds. The van der Waals surface area contributed by atoms with E-state index in [1.165, 1.54) is 16.5 Å². The molecule has 2 radical (unpaired) electrons. The molecular weight excluding hydrogens is 331 g/mol. The third-order valence-electron chi connectivity index (χ3n) is 5.25. The molecule has 1 heterocycles. The zero-order valence-electron chi connectivity index (χ0n) is 16.1. The minimum atomic E-state index is -0.959. The van der Waals surface area contributed by atoms with Crippen molar-refractivity contribution in [1.82, 2.24) is 0 Å². The molecule has 0 bridgehead atoms. The Morgan fingerprint density at radius 2 is 1.85 bits per heavy atom. The minimum absolute atomic E-state index is 0.845. The van der Waals surface area contributed by atoms with Crippen molar-refractivity contribution in [2.45, 2.75) is 32.2 Å². The van der Waals surface area contributed by atoms with E-state index in [4.69, 9.17) is 17.3 Å². The van der Waals surface area contributed by atoms with Crippen LogP contribution in [0.3, 0.4) is 0 Å². The van der Waals surface area contributed by atoms with Gasteiger partial charge in [-0.25, -0.2) is 0 Å². The van der Waals surface area contributed by atoms with Gasteiger partial charge in [-0.15, -0.1) is 0 Å². The van der Waals surface area contributed by atoms with Gasteiger partial charge in [0, 0.05) is 18.1 Å². The Hall–Kier alpha value is -2.52. The average molecular weight is 354 g/mol. The molecule has 1 atom stereocenters. The van der Waals surface area contributed by atoms with E-state index in [9.17, 15) is 0 Å². The van der Waals surface area contributed by atoms with E-state index in [1.807, 2.05) is 30.3 Å². The van der Waals surface area contributed by atoms with Crippen LogP contribution in [0, 0.1) is 0 Å². The predicted octanol–water partition coefficient (Wildman–Crippen LogP) is 6.33. The summed E-state index contributed by atoms with van der Waals surface area (Å²) >= 11 is 0. The molecule has 3 heteroatoms. The second kappa shape index (κ2) is 6.90. The lowest BCUT2D eigenvalue weighted by Gasteiger charge is -2.29. The van der Waals surface area contributed by atoms with Gasteiger partial charge in [-0.1, -0.05) is 61.4 Å². The van der Waals surface area contributed by atoms with E-state index in [0.29, 0.717) is 0 Å². The highest BCUT2D eigenvalue weighted by Crippen LogP contribution is 2.47. The normalized spacial score (nSPS) is 15.1.